The Balaban J connectivity index is 2.50. The molecule has 0 aromatic rings. The van der Waals surface area contributed by atoms with Crippen molar-refractivity contribution in [1.29, 1.82) is 0 Å². The molecule has 0 aliphatic carbocycles. The summed E-state index contributed by atoms with van der Waals surface area (Å²) in [5, 5.41) is 37.4. The van der Waals surface area contributed by atoms with Crippen molar-refractivity contribution < 1.29 is 29.9 Å². The summed E-state index contributed by atoms with van der Waals surface area (Å²) in [6.45, 7) is 0.262. The lowest BCUT2D eigenvalue weighted by Gasteiger charge is -2.39. The lowest BCUT2D eigenvalue weighted by atomic mass is 9.99. The first-order chi connectivity index (χ1) is 7.61. The van der Waals surface area contributed by atoms with Crippen LogP contribution in [0.25, 0.3) is 0 Å². The molecular weight excluding hydrogens is 218 g/mol. The third-order valence-corrected chi connectivity index (χ3v) is 2.48. The van der Waals surface area contributed by atoms with Gasteiger partial charge in [-0.05, 0) is 13.0 Å². The average Bonchev–Trinajstić information content (AvgIpc) is 2.29. The van der Waals surface area contributed by atoms with Gasteiger partial charge in [0.25, 0.3) is 0 Å². The van der Waals surface area contributed by atoms with Gasteiger partial charge in [0.2, 0.25) is 0 Å². The zero-order chi connectivity index (χ0) is 12.1. The second kappa shape index (κ2) is 6.45. The first-order valence-corrected chi connectivity index (χ1v) is 5.24. The number of ether oxygens (including phenoxy) is 2. The van der Waals surface area contributed by atoms with E-state index in [1.54, 1.807) is 0 Å². The third kappa shape index (κ3) is 3.11. The Morgan fingerprint density at radius 2 is 1.81 bits per heavy atom. The predicted molar refractivity (Wildman–Crippen MR) is 53.4 cm³/mol. The largest absolute Gasteiger partial charge is 0.394 e. The molecule has 1 fully saturated rings. The summed E-state index contributed by atoms with van der Waals surface area (Å²) in [5.41, 5.74) is 5.27. The van der Waals surface area contributed by atoms with Crippen LogP contribution in [-0.4, -0.2) is 70.9 Å². The Bertz CT molecular complexity index is 202. The molecule has 0 saturated carbocycles. The summed E-state index contributed by atoms with van der Waals surface area (Å²) in [6.07, 6.45) is -5.48. The number of hydrogen-bond acceptors (Lipinski definition) is 7. The summed E-state index contributed by atoms with van der Waals surface area (Å²) in [5.74, 6) is 0. The van der Waals surface area contributed by atoms with E-state index in [9.17, 15) is 15.3 Å². The van der Waals surface area contributed by atoms with Crippen LogP contribution in [-0.2, 0) is 9.47 Å². The highest BCUT2D eigenvalue weighted by atomic mass is 16.7. The monoisotopic (exact) mass is 237 g/mol. The van der Waals surface area contributed by atoms with E-state index in [4.69, 9.17) is 20.3 Å². The smallest absolute Gasteiger partial charge is 0.186 e. The fourth-order valence-electron chi connectivity index (χ4n) is 1.49. The molecule has 0 amide bonds. The lowest BCUT2D eigenvalue weighted by Crippen LogP contribution is -2.59. The molecule has 1 heterocycles. The van der Waals surface area contributed by atoms with Crippen molar-refractivity contribution in [2.75, 3.05) is 19.8 Å². The summed E-state index contributed by atoms with van der Waals surface area (Å²) in [7, 11) is 0. The Kier molecular flexibility index (Phi) is 5.56. The SMILES string of the molecule is NCCCO[C@@H]1O[C@H](CO)[C@H](O)[C@H](O)[C@H]1O. The van der Waals surface area contributed by atoms with Crippen LogP contribution < -0.4 is 5.73 Å². The van der Waals surface area contributed by atoms with Crippen LogP contribution in [0, 0.1) is 0 Å². The van der Waals surface area contributed by atoms with E-state index in [0.29, 0.717) is 13.0 Å². The Morgan fingerprint density at radius 3 is 2.38 bits per heavy atom. The fourth-order valence-corrected chi connectivity index (χ4v) is 1.49. The topological polar surface area (TPSA) is 125 Å². The summed E-state index contributed by atoms with van der Waals surface area (Å²) >= 11 is 0. The Hall–Kier alpha value is -0.280. The summed E-state index contributed by atoms with van der Waals surface area (Å²) < 4.78 is 10.3. The Labute approximate surface area is 93.4 Å². The molecule has 16 heavy (non-hydrogen) atoms. The molecule has 96 valence electrons. The van der Waals surface area contributed by atoms with Gasteiger partial charge in [-0.3, -0.25) is 0 Å². The van der Waals surface area contributed by atoms with Gasteiger partial charge >= 0.3 is 0 Å². The van der Waals surface area contributed by atoms with E-state index < -0.39 is 37.3 Å². The molecule has 1 aliphatic rings. The Morgan fingerprint density at radius 1 is 1.12 bits per heavy atom. The molecule has 0 spiro atoms. The van der Waals surface area contributed by atoms with Gasteiger partial charge in [0.05, 0.1) is 13.2 Å². The first kappa shape index (κ1) is 13.8. The highest BCUT2D eigenvalue weighted by Gasteiger charge is 2.43. The van der Waals surface area contributed by atoms with Crippen molar-refractivity contribution in [1.82, 2.24) is 0 Å². The van der Waals surface area contributed by atoms with E-state index in [1.807, 2.05) is 0 Å². The van der Waals surface area contributed by atoms with Crippen molar-refractivity contribution in [2.24, 2.45) is 5.73 Å². The predicted octanol–water partition coefficient (Wildman–Crippen LogP) is -2.85. The van der Waals surface area contributed by atoms with Crippen LogP contribution in [0.2, 0.25) is 0 Å². The standard InChI is InChI=1S/C9H19NO6/c10-2-1-3-15-9-8(14)7(13)6(12)5(4-11)16-9/h5-9,11-14H,1-4,10H2/t5-,6+,7+,8-,9-/m1/s1. The maximum atomic E-state index is 9.55. The minimum atomic E-state index is -1.39. The van der Waals surface area contributed by atoms with E-state index in [0.717, 1.165) is 0 Å². The summed E-state index contributed by atoms with van der Waals surface area (Å²) in [6, 6.07) is 0. The number of aliphatic hydroxyl groups excluding tert-OH is 4. The molecule has 6 N–H and O–H groups in total. The normalized spacial score (nSPS) is 39.9. The van der Waals surface area contributed by atoms with Crippen LogP contribution in [0.5, 0.6) is 0 Å². The molecule has 0 aromatic heterocycles. The van der Waals surface area contributed by atoms with Gasteiger partial charge < -0.3 is 35.6 Å². The minimum Gasteiger partial charge on any atom is -0.394 e. The lowest BCUT2D eigenvalue weighted by molar-refractivity contribution is -0.301. The van der Waals surface area contributed by atoms with Crippen molar-refractivity contribution in [3.63, 3.8) is 0 Å². The molecule has 0 aromatic carbocycles. The second-order valence-electron chi connectivity index (χ2n) is 3.71. The zero-order valence-electron chi connectivity index (χ0n) is 8.90. The molecule has 0 bridgehead atoms. The van der Waals surface area contributed by atoms with Crippen molar-refractivity contribution in [3.8, 4) is 0 Å². The van der Waals surface area contributed by atoms with Crippen molar-refractivity contribution >= 4 is 0 Å². The average molecular weight is 237 g/mol. The van der Waals surface area contributed by atoms with E-state index >= 15 is 0 Å². The number of hydrogen-bond donors (Lipinski definition) is 5. The summed E-state index contributed by atoms with van der Waals surface area (Å²) in [4.78, 5) is 0. The zero-order valence-corrected chi connectivity index (χ0v) is 8.90. The highest BCUT2D eigenvalue weighted by Crippen LogP contribution is 2.21. The van der Waals surface area contributed by atoms with Crippen LogP contribution in [0.15, 0.2) is 0 Å². The molecule has 7 heteroatoms. The third-order valence-electron chi connectivity index (χ3n) is 2.48. The van der Waals surface area contributed by atoms with E-state index in [-0.39, 0.29) is 6.61 Å². The molecule has 5 atom stereocenters. The van der Waals surface area contributed by atoms with Crippen molar-refractivity contribution in [3.05, 3.63) is 0 Å². The van der Waals surface area contributed by atoms with Crippen LogP contribution in [0.3, 0.4) is 0 Å². The van der Waals surface area contributed by atoms with Crippen molar-refractivity contribution in [2.45, 2.75) is 37.1 Å². The molecule has 1 aliphatic heterocycles. The number of aliphatic hydroxyl groups is 4. The molecule has 1 rings (SSSR count). The van der Waals surface area contributed by atoms with Crippen LogP contribution in [0.4, 0.5) is 0 Å². The molecule has 1 saturated heterocycles. The molecular formula is C9H19NO6. The van der Waals surface area contributed by atoms with Crippen LogP contribution >= 0.6 is 0 Å². The number of nitrogens with two attached hydrogens (primary N) is 1. The first-order valence-electron chi connectivity index (χ1n) is 5.24. The van der Waals surface area contributed by atoms with E-state index in [2.05, 4.69) is 0 Å². The van der Waals surface area contributed by atoms with Gasteiger partial charge in [-0.25, -0.2) is 0 Å². The maximum absolute atomic E-state index is 9.55. The van der Waals surface area contributed by atoms with Gasteiger partial charge in [0.1, 0.15) is 24.4 Å². The minimum absolute atomic E-state index is 0.277. The van der Waals surface area contributed by atoms with Gasteiger partial charge in [-0.2, -0.15) is 0 Å². The van der Waals surface area contributed by atoms with E-state index in [1.165, 1.54) is 0 Å². The van der Waals surface area contributed by atoms with Crippen LogP contribution in [0.1, 0.15) is 6.42 Å². The molecule has 0 unspecified atom stereocenters. The van der Waals surface area contributed by atoms with Gasteiger partial charge in [0.15, 0.2) is 6.29 Å². The molecule has 7 nitrogen and oxygen atoms in total. The fraction of sp³-hybridized carbons (Fsp3) is 1.00. The highest BCUT2D eigenvalue weighted by molar-refractivity contribution is 4.88. The molecule has 0 radical (unpaired) electrons. The van der Waals surface area contributed by atoms with Gasteiger partial charge in [-0.15, -0.1) is 0 Å². The maximum Gasteiger partial charge on any atom is 0.186 e. The second-order valence-corrected chi connectivity index (χ2v) is 3.71. The quantitative estimate of drug-likeness (QED) is 0.326. The number of rotatable bonds is 5. The van der Waals surface area contributed by atoms with Gasteiger partial charge in [-0.1, -0.05) is 0 Å². The van der Waals surface area contributed by atoms with Gasteiger partial charge in [0, 0.05) is 0 Å².